The number of rotatable bonds is 5. The van der Waals surface area contributed by atoms with Crippen molar-refractivity contribution < 1.29 is 0 Å². The fourth-order valence-corrected chi connectivity index (χ4v) is 4.40. The van der Waals surface area contributed by atoms with E-state index in [-0.39, 0.29) is 11.5 Å². The molecule has 1 aromatic heterocycles. The van der Waals surface area contributed by atoms with Crippen molar-refractivity contribution in [1.29, 1.82) is 0 Å². The van der Waals surface area contributed by atoms with E-state index in [0.717, 1.165) is 12.8 Å². The van der Waals surface area contributed by atoms with Gasteiger partial charge in [0, 0.05) is 16.3 Å². The molecule has 3 rings (SSSR count). The number of nitrogens with two attached hydrogens (primary N) is 1. The Labute approximate surface area is 125 Å². The normalized spacial score (nSPS) is 19.1. The van der Waals surface area contributed by atoms with E-state index in [1.54, 1.807) is 0 Å². The van der Waals surface area contributed by atoms with Crippen molar-refractivity contribution in [3.8, 4) is 0 Å². The first kappa shape index (κ1) is 13.8. The molecular formula is C18H23NS. The van der Waals surface area contributed by atoms with Gasteiger partial charge in [0.2, 0.25) is 0 Å². The van der Waals surface area contributed by atoms with E-state index in [1.807, 2.05) is 11.3 Å². The first-order valence-electron chi connectivity index (χ1n) is 7.65. The molecule has 1 atom stereocenters. The number of hydrogen-bond donors (Lipinski definition) is 1. The van der Waals surface area contributed by atoms with Crippen LogP contribution in [0.5, 0.6) is 0 Å². The van der Waals surface area contributed by atoms with Crippen LogP contribution in [0.25, 0.3) is 0 Å². The highest BCUT2D eigenvalue weighted by Gasteiger charge is 2.40. The van der Waals surface area contributed by atoms with E-state index in [4.69, 9.17) is 5.73 Å². The van der Waals surface area contributed by atoms with Gasteiger partial charge in [-0.2, -0.15) is 0 Å². The van der Waals surface area contributed by atoms with E-state index in [0.29, 0.717) is 0 Å². The molecule has 20 heavy (non-hydrogen) atoms. The molecule has 1 aliphatic carbocycles. The van der Waals surface area contributed by atoms with E-state index in [1.165, 1.54) is 36.1 Å². The Morgan fingerprint density at radius 3 is 2.45 bits per heavy atom. The molecule has 1 fully saturated rings. The molecule has 1 unspecified atom stereocenters. The molecule has 2 heteroatoms. The van der Waals surface area contributed by atoms with Crippen LogP contribution in [0.2, 0.25) is 0 Å². The van der Waals surface area contributed by atoms with E-state index in [9.17, 15) is 0 Å². The molecule has 1 heterocycles. The number of benzene rings is 1. The third-order valence-corrected chi connectivity index (χ3v) is 5.77. The minimum absolute atomic E-state index is 0.221. The predicted molar refractivity (Wildman–Crippen MR) is 87.2 cm³/mol. The lowest BCUT2D eigenvalue weighted by atomic mass is 9.71. The summed E-state index contributed by atoms with van der Waals surface area (Å²) in [7, 11) is 0. The molecule has 1 aliphatic rings. The highest BCUT2D eigenvalue weighted by Crippen LogP contribution is 2.44. The molecule has 106 valence electrons. The van der Waals surface area contributed by atoms with Crippen molar-refractivity contribution in [2.75, 3.05) is 0 Å². The van der Waals surface area contributed by atoms with E-state index >= 15 is 0 Å². The predicted octanol–water partition coefficient (Wildman–Crippen LogP) is 4.52. The second kappa shape index (κ2) is 6.11. The summed E-state index contributed by atoms with van der Waals surface area (Å²) in [5.41, 5.74) is 8.34. The van der Waals surface area contributed by atoms with Gasteiger partial charge in [-0.3, -0.25) is 0 Å². The molecule has 2 aromatic rings. The lowest BCUT2D eigenvalue weighted by Crippen LogP contribution is -2.43. The van der Waals surface area contributed by atoms with Gasteiger partial charge in [-0.1, -0.05) is 49.2 Å². The van der Waals surface area contributed by atoms with Crippen LogP contribution in [-0.2, 0) is 11.8 Å². The monoisotopic (exact) mass is 285 g/mol. The van der Waals surface area contributed by atoms with E-state index < -0.39 is 0 Å². The summed E-state index contributed by atoms with van der Waals surface area (Å²) in [4.78, 5) is 1.46. The molecule has 0 aliphatic heterocycles. The molecule has 1 saturated carbocycles. The molecular weight excluding hydrogens is 262 g/mol. The van der Waals surface area contributed by atoms with Crippen LogP contribution in [0.4, 0.5) is 0 Å². The van der Waals surface area contributed by atoms with Gasteiger partial charge in [0.1, 0.15) is 0 Å². The Kier molecular flexibility index (Phi) is 4.23. The van der Waals surface area contributed by atoms with Crippen LogP contribution in [-0.4, -0.2) is 6.04 Å². The number of thiophene rings is 1. The highest BCUT2D eigenvalue weighted by molar-refractivity contribution is 7.09. The Morgan fingerprint density at radius 1 is 1.05 bits per heavy atom. The van der Waals surface area contributed by atoms with Crippen molar-refractivity contribution in [1.82, 2.24) is 0 Å². The van der Waals surface area contributed by atoms with Crippen LogP contribution in [0.1, 0.15) is 42.5 Å². The third kappa shape index (κ3) is 2.68. The Balaban J connectivity index is 1.76. The molecule has 1 aromatic carbocycles. The first-order valence-corrected chi connectivity index (χ1v) is 8.53. The first-order chi connectivity index (χ1) is 9.81. The summed E-state index contributed by atoms with van der Waals surface area (Å²) in [6, 6.07) is 15.6. The summed E-state index contributed by atoms with van der Waals surface area (Å²) in [6.45, 7) is 0. The average Bonchev–Trinajstić information content (AvgIpc) is 3.18. The highest BCUT2D eigenvalue weighted by atomic mass is 32.1. The largest absolute Gasteiger partial charge is 0.327 e. The summed E-state index contributed by atoms with van der Waals surface area (Å²) >= 11 is 1.85. The second-order valence-corrected chi connectivity index (χ2v) is 6.99. The van der Waals surface area contributed by atoms with Crippen molar-refractivity contribution in [3.63, 3.8) is 0 Å². The van der Waals surface area contributed by atoms with E-state index in [2.05, 4.69) is 47.8 Å². The zero-order valence-electron chi connectivity index (χ0n) is 11.9. The molecule has 0 bridgehead atoms. The zero-order valence-corrected chi connectivity index (χ0v) is 12.7. The SMILES string of the molecule is NC(CCc1cccs1)C1(c2ccccc2)CCCC1. The Morgan fingerprint density at radius 2 is 1.80 bits per heavy atom. The van der Waals surface area contributed by atoms with Crippen LogP contribution in [0.3, 0.4) is 0 Å². The standard InChI is InChI=1S/C18H23NS/c19-17(11-10-16-9-6-14-20-16)18(12-4-5-13-18)15-7-2-1-3-8-15/h1-3,6-9,14,17H,4-5,10-13,19H2. The molecule has 0 amide bonds. The van der Waals surface area contributed by atoms with Gasteiger partial charge < -0.3 is 5.73 Å². The third-order valence-electron chi connectivity index (χ3n) is 4.84. The van der Waals surface area contributed by atoms with Gasteiger partial charge in [0.15, 0.2) is 0 Å². The van der Waals surface area contributed by atoms with Crippen LogP contribution in [0.15, 0.2) is 47.8 Å². The maximum atomic E-state index is 6.67. The van der Waals surface area contributed by atoms with Crippen LogP contribution in [0, 0.1) is 0 Å². The summed E-state index contributed by atoms with van der Waals surface area (Å²) in [6.07, 6.45) is 7.36. The van der Waals surface area contributed by atoms with Crippen LogP contribution >= 0.6 is 11.3 Å². The van der Waals surface area contributed by atoms with Gasteiger partial charge in [-0.05, 0) is 42.7 Å². The fourth-order valence-electron chi connectivity index (χ4n) is 3.68. The lowest BCUT2D eigenvalue weighted by Gasteiger charge is -2.36. The average molecular weight is 285 g/mol. The van der Waals surface area contributed by atoms with Crippen molar-refractivity contribution in [2.45, 2.75) is 50.0 Å². The smallest absolute Gasteiger partial charge is 0.0140 e. The molecule has 1 nitrogen and oxygen atoms in total. The topological polar surface area (TPSA) is 26.0 Å². The van der Waals surface area contributed by atoms with Crippen molar-refractivity contribution in [3.05, 3.63) is 58.3 Å². The quantitative estimate of drug-likeness (QED) is 0.858. The Bertz CT molecular complexity index is 512. The summed E-state index contributed by atoms with van der Waals surface area (Å²) in [5, 5.41) is 2.16. The fraction of sp³-hybridized carbons (Fsp3) is 0.444. The van der Waals surface area contributed by atoms with Gasteiger partial charge in [-0.25, -0.2) is 0 Å². The van der Waals surface area contributed by atoms with Gasteiger partial charge >= 0.3 is 0 Å². The lowest BCUT2D eigenvalue weighted by molar-refractivity contribution is 0.334. The molecule has 0 radical (unpaired) electrons. The second-order valence-electron chi connectivity index (χ2n) is 5.95. The molecule has 0 saturated heterocycles. The van der Waals surface area contributed by atoms with Crippen molar-refractivity contribution in [2.24, 2.45) is 5.73 Å². The van der Waals surface area contributed by atoms with Gasteiger partial charge in [0.25, 0.3) is 0 Å². The number of aryl methyl sites for hydroxylation is 1. The molecule has 0 spiro atoms. The maximum Gasteiger partial charge on any atom is 0.0140 e. The van der Waals surface area contributed by atoms with Gasteiger partial charge in [0.05, 0.1) is 0 Å². The molecule has 2 N–H and O–H groups in total. The van der Waals surface area contributed by atoms with Crippen molar-refractivity contribution >= 4 is 11.3 Å². The minimum atomic E-state index is 0.221. The number of hydrogen-bond acceptors (Lipinski definition) is 2. The summed E-state index contributed by atoms with van der Waals surface area (Å²) in [5.74, 6) is 0. The summed E-state index contributed by atoms with van der Waals surface area (Å²) < 4.78 is 0. The minimum Gasteiger partial charge on any atom is -0.327 e. The Hall–Kier alpha value is -1.12. The maximum absolute atomic E-state index is 6.67. The zero-order chi connectivity index (χ0) is 13.8. The van der Waals surface area contributed by atoms with Crippen LogP contribution < -0.4 is 5.73 Å². The van der Waals surface area contributed by atoms with Gasteiger partial charge in [-0.15, -0.1) is 11.3 Å².